The lowest BCUT2D eigenvalue weighted by Crippen LogP contribution is -2.52. The van der Waals surface area contributed by atoms with Crippen LogP contribution in [0.4, 0.5) is 0 Å². The molecule has 0 N–H and O–H groups in total. The molecule has 2 atom stereocenters. The van der Waals surface area contributed by atoms with Crippen molar-refractivity contribution >= 4 is 14.6 Å². The molecular weight excluding hydrogens is 244 g/mol. The third-order valence-corrected chi connectivity index (χ3v) is 9.17. The predicted octanol–water partition coefficient (Wildman–Crippen LogP) is 3.39. The summed E-state index contributed by atoms with van der Waals surface area (Å²) in [5.74, 6) is 0.344. The Morgan fingerprint density at radius 2 is 1.94 bits per heavy atom. The Balaban J connectivity index is 2.88. The van der Waals surface area contributed by atoms with Crippen molar-refractivity contribution in [1.29, 1.82) is 0 Å². The molecule has 1 heterocycles. The van der Waals surface area contributed by atoms with Gasteiger partial charge in [-0.25, -0.2) is 0 Å². The number of hydrogen-bond acceptors (Lipinski definition) is 3. The van der Waals surface area contributed by atoms with E-state index in [0.717, 1.165) is 25.9 Å². The molecule has 1 fully saturated rings. The lowest BCUT2D eigenvalue weighted by Gasteiger charge is -2.46. The van der Waals surface area contributed by atoms with Crippen LogP contribution >= 0.6 is 0 Å². The zero-order valence-corrected chi connectivity index (χ0v) is 13.7. The molecule has 0 spiro atoms. The van der Waals surface area contributed by atoms with E-state index in [4.69, 9.17) is 9.16 Å². The van der Waals surface area contributed by atoms with Gasteiger partial charge in [-0.3, -0.25) is 0 Å². The van der Waals surface area contributed by atoms with Crippen LogP contribution in [0.25, 0.3) is 0 Å². The first-order chi connectivity index (χ1) is 8.12. The van der Waals surface area contributed by atoms with Crippen LogP contribution in [0, 0.1) is 5.92 Å². The largest absolute Gasteiger partial charge is 0.411 e. The summed E-state index contributed by atoms with van der Waals surface area (Å²) in [5, 5.41) is 0.163. The molecule has 1 aliphatic rings. The number of hydrogen-bond donors (Lipinski definition) is 0. The number of carbonyl (C=O) groups excluding carboxylic acids is 1. The van der Waals surface area contributed by atoms with Gasteiger partial charge >= 0.3 is 0 Å². The second kappa shape index (κ2) is 5.43. The fourth-order valence-electron chi connectivity index (χ4n) is 2.21. The molecule has 0 aromatic rings. The molecule has 0 aromatic carbocycles. The summed E-state index contributed by atoms with van der Waals surface area (Å²) < 4.78 is 12.0. The van der Waals surface area contributed by atoms with Gasteiger partial charge in [0.25, 0.3) is 0 Å². The molecule has 0 aromatic heterocycles. The average molecular weight is 272 g/mol. The smallest absolute Gasteiger partial charge is 0.192 e. The summed E-state index contributed by atoms with van der Waals surface area (Å²) in [6.07, 6.45) is 2.46. The molecule has 0 bridgehead atoms. The normalized spacial score (nSPS) is 24.9. The molecule has 0 aliphatic carbocycles. The Labute approximate surface area is 112 Å². The molecule has 3 nitrogen and oxygen atoms in total. The first-order valence-electron chi connectivity index (χ1n) is 6.84. The highest BCUT2D eigenvalue weighted by Gasteiger charge is 2.46. The monoisotopic (exact) mass is 272 g/mol. The van der Waals surface area contributed by atoms with Crippen molar-refractivity contribution < 1.29 is 14.0 Å². The van der Waals surface area contributed by atoms with Crippen LogP contribution in [0.1, 0.15) is 40.5 Å². The van der Waals surface area contributed by atoms with Crippen molar-refractivity contribution in [1.82, 2.24) is 0 Å². The molecule has 1 rings (SSSR count). The highest BCUT2D eigenvalue weighted by atomic mass is 28.4. The van der Waals surface area contributed by atoms with E-state index in [1.165, 1.54) is 0 Å². The fraction of sp³-hybridized carbons (Fsp3) is 0.929. The highest BCUT2D eigenvalue weighted by Crippen LogP contribution is 2.43. The predicted molar refractivity (Wildman–Crippen MR) is 76.3 cm³/mol. The van der Waals surface area contributed by atoms with Crippen molar-refractivity contribution in [2.75, 3.05) is 13.2 Å². The van der Waals surface area contributed by atoms with Gasteiger partial charge in [-0.15, -0.1) is 0 Å². The van der Waals surface area contributed by atoms with E-state index in [9.17, 15) is 4.79 Å². The molecular formula is C14H28O3Si. The van der Waals surface area contributed by atoms with Crippen molar-refractivity contribution in [2.24, 2.45) is 5.92 Å². The van der Waals surface area contributed by atoms with E-state index in [1.807, 2.05) is 0 Å². The minimum absolute atomic E-state index is 0.163. The Morgan fingerprint density at radius 3 is 2.33 bits per heavy atom. The topological polar surface area (TPSA) is 35.5 Å². The maximum Gasteiger partial charge on any atom is 0.192 e. The minimum Gasteiger partial charge on any atom is -0.411 e. The summed E-state index contributed by atoms with van der Waals surface area (Å²) in [5.41, 5.74) is -0.360. The van der Waals surface area contributed by atoms with Gasteiger partial charge in [-0.1, -0.05) is 20.8 Å². The Bertz CT molecular complexity index is 290. The number of ether oxygens (including phenoxy) is 1. The summed E-state index contributed by atoms with van der Waals surface area (Å²) in [7, 11) is -1.86. The molecule has 18 heavy (non-hydrogen) atoms. The second-order valence-corrected chi connectivity index (χ2v) is 11.8. The zero-order valence-electron chi connectivity index (χ0n) is 12.7. The van der Waals surface area contributed by atoms with E-state index in [1.54, 1.807) is 0 Å². The van der Waals surface area contributed by atoms with Crippen LogP contribution in [-0.4, -0.2) is 33.4 Å². The molecule has 0 saturated carbocycles. The van der Waals surface area contributed by atoms with E-state index in [2.05, 4.69) is 40.8 Å². The van der Waals surface area contributed by atoms with E-state index in [0.29, 0.717) is 12.3 Å². The van der Waals surface area contributed by atoms with Crippen LogP contribution in [0.15, 0.2) is 0 Å². The summed E-state index contributed by atoms with van der Waals surface area (Å²) in [6, 6.07) is 0. The first kappa shape index (κ1) is 15.9. The van der Waals surface area contributed by atoms with Crippen molar-refractivity contribution in [3.05, 3.63) is 0 Å². The number of carbonyl (C=O) groups is 1. The lowest BCUT2D eigenvalue weighted by atomic mass is 9.86. The van der Waals surface area contributed by atoms with Crippen molar-refractivity contribution in [2.45, 2.75) is 64.3 Å². The molecule has 106 valence electrons. The van der Waals surface area contributed by atoms with Crippen LogP contribution in [0.5, 0.6) is 0 Å². The standard InChI is InChI=1S/C14H28O3Si/c1-13(2,3)18(5,6)17-14(4,8-9-15)12-7-10-16-11-12/h9,12H,7-8,10-11H2,1-6H3/t12-,14+/m0/s1. The van der Waals surface area contributed by atoms with Gasteiger partial charge in [0.2, 0.25) is 0 Å². The lowest BCUT2D eigenvalue weighted by molar-refractivity contribution is -0.113. The number of rotatable bonds is 5. The van der Waals surface area contributed by atoms with Crippen LogP contribution < -0.4 is 0 Å². The first-order valence-corrected chi connectivity index (χ1v) is 9.75. The molecule has 1 saturated heterocycles. The van der Waals surface area contributed by atoms with Gasteiger partial charge in [0, 0.05) is 18.9 Å². The van der Waals surface area contributed by atoms with Crippen LogP contribution in [0.2, 0.25) is 18.1 Å². The van der Waals surface area contributed by atoms with Gasteiger partial charge in [0.05, 0.1) is 12.2 Å². The van der Waals surface area contributed by atoms with E-state index < -0.39 is 8.32 Å². The van der Waals surface area contributed by atoms with Gasteiger partial charge < -0.3 is 14.0 Å². The zero-order chi connectivity index (χ0) is 14.0. The molecule has 1 aliphatic heterocycles. The Kier molecular flexibility index (Phi) is 4.79. The fourth-order valence-corrected chi connectivity index (χ4v) is 3.93. The third kappa shape index (κ3) is 3.43. The SMILES string of the molecule is CC(C)(C)[Si](C)(C)O[C@](C)(CC=O)[C@H]1CCOC1. The van der Waals surface area contributed by atoms with Crippen LogP contribution in [-0.2, 0) is 14.0 Å². The van der Waals surface area contributed by atoms with Gasteiger partial charge in [0.15, 0.2) is 8.32 Å². The quantitative estimate of drug-likeness (QED) is 0.568. The third-order valence-electron chi connectivity index (χ3n) is 4.58. The Morgan fingerprint density at radius 1 is 1.33 bits per heavy atom. The summed E-state index contributed by atoms with van der Waals surface area (Å²) >= 11 is 0. The minimum atomic E-state index is -1.86. The molecule has 0 unspecified atom stereocenters. The Hall–Kier alpha value is -0.193. The molecule has 0 amide bonds. The molecule has 0 radical (unpaired) electrons. The van der Waals surface area contributed by atoms with Gasteiger partial charge in [0.1, 0.15) is 6.29 Å². The summed E-state index contributed by atoms with van der Waals surface area (Å²) in [4.78, 5) is 11.0. The highest BCUT2D eigenvalue weighted by molar-refractivity contribution is 6.74. The van der Waals surface area contributed by atoms with Gasteiger partial charge in [-0.05, 0) is 31.5 Å². The van der Waals surface area contributed by atoms with Crippen molar-refractivity contribution in [3.63, 3.8) is 0 Å². The maximum atomic E-state index is 11.0. The second-order valence-electron chi connectivity index (χ2n) is 7.11. The molecule has 4 heteroatoms. The maximum absolute atomic E-state index is 11.0. The average Bonchev–Trinajstić information content (AvgIpc) is 2.67. The van der Waals surface area contributed by atoms with E-state index in [-0.39, 0.29) is 10.6 Å². The van der Waals surface area contributed by atoms with Crippen molar-refractivity contribution in [3.8, 4) is 0 Å². The number of aldehydes is 1. The van der Waals surface area contributed by atoms with Gasteiger partial charge in [-0.2, -0.15) is 0 Å². The van der Waals surface area contributed by atoms with E-state index >= 15 is 0 Å². The summed E-state index contributed by atoms with van der Waals surface area (Å²) in [6.45, 7) is 14.8. The van der Waals surface area contributed by atoms with Crippen LogP contribution in [0.3, 0.4) is 0 Å².